The maximum atomic E-state index is 9.00. The van der Waals surface area contributed by atoms with Gasteiger partial charge in [-0.05, 0) is 18.6 Å². The number of hydrogen-bond donors (Lipinski definition) is 1. The third-order valence-corrected chi connectivity index (χ3v) is 1.80. The van der Waals surface area contributed by atoms with Crippen LogP contribution in [0.1, 0.15) is 12.5 Å². The van der Waals surface area contributed by atoms with E-state index in [1.807, 2.05) is 43.3 Å². The van der Waals surface area contributed by atoms with Gasteiger partial charge >= 0.3 is 0 Å². The highest BCUT2D eigenvalue weighted by atomic mass is 16.3. The number of rotatable bonds is 3. The normalized spacial score (nSPS) is 9.08. The van der Waals surface area contributed by atoms with Crippen LogP contribution in [0.15, 0.2) is 47.7 Å². The van der Waals surface area contributed by atoms with Gasteiger partial charge < -0.3 is 5.11 Å². The number of hydrogen-bond acceptors (Lipinski definition) is 1. The molecule has 0 atom stereocenters. The van der Waals surface area contributed by atoms with Crippen molar-refractivity contribution in [3.8, 4) is 0 Å². The summed E-state index contributed by atoms with van der Waals surface area (Å²) in [6, 6.07) is 10.1. The van der Waals surface area contributed by atoms with E-state index >= 15 is 0 Å². The first-order valence-corrected chi connectivity index (χ1v) is 4.40. The Hall–Kier alpha value is -1.30. The minimum absolute atomic E-state index is 0.0826. The van der Waals surface area contributed by atoms with E-state index in [9.17, 15) is 0 Å². The Kier molecular flexibility index (Phi) is 4.04. The molecule has 1 nitrogen and oxygen atoms in total. The second-order valence-corrected chi connectivity index (χ2v) is 2.86. The lowest BCUT2D eigenvalue weighted by molar-refractivity contribution is 0.329. The highest BCUT2D eigenvalue weighted by Crippen LogP contribution is 2.05. The van der Waals surface area contributed by atoms with Crippen molar-refractivity contribution in [1.82, 2.24) is 0 Å². The highest BCUT2D eigenvalue weighted by molar-refractivity contribution is 5.21. The van der Waals surface area contributed by atoms with E-state index in [0.717, 1.165) is 12.0 Å². The highest BCUT2D eigenvalue weighted by Gasteiger charge is 1.95. The third-order valence-electron chi connectivity index (χ3n) is 1.80. The molecule has 68 valence electrons. The summed E-state index contributed by atoms with van der Waals surface area (Å²) in [5, 5.41) is 9.00. The van der Waals surface area contributed by atoms with Crippen LogP contribution in [0.2, 0.25) is 0 Å². The SMILES string of the molecule is CC=C=C(CO)Cc1ccccc1. The van der Waals surface area contributed by atoms with Crippen LogP contribution in [0, 0.1) is 0 Å². The minimum Gasteiger partial charge on any atom is -0.391 e. The van der Waals surface area contributed by atoms with E-state index in [-0.39, 0.29) is 6.61 Å². The molecular weight excluding hydrogens is 160 g/mol. The predicted molar refractivity (Wildman–Crippen MR) is 54.5 cm³/mol. The number of benzene rings is 1. The molecule has 13 heavy (non-hydrogen) atoms. The van der Waals surface area contributed by atoms with Gasteiger partial charge in [-0.15, -0.1) is 5.73 Å². The average molecular weight is 174 g/mol. The Balaban J connectivity index is 2.74. The summed E-state index contributed by atoms with van der Waals surface area (Å²) in [5.74, 6) is 0. The van der Waals surface area contributed by atoms with Crippen molar-refractivity contribution >= 4 is 0 Å². The van der Waals surface area contributed by atoms with Crippen LogP contribution in [0.3, 0.4) is 0 Å². The molecule has 0 heterocycles. The zero-order chi connectivity index (χ0) is 9.52. The Morgan fingerprint density at radius 3 is 2.62 bits per heavy atom. The van der Waals surface area contributed by atoms with E-state index in [4.69, 9.17) is 5.11 Å². The van der Waals surface area contributed by atoms with Crippen LogP contribution in [-0.2, 0) is 6.42 Å². The standard InChI is InChI=1S/C12H14O/c1-2-6-12(10-13)9-11-7-4-3-5-8-11/h2-5,7-8,13H,9-10H2,1H3. The first-order valence-electron chi connectivity index (χ1n) is 4.40. The second-order valence-electron chi connectivity index (χ2n) is 2.86. The van der Waals surface area contributed by atoms with Crippen LogP contribution in [-0.4, -0.2) is 11.7 Å². The van der Waals surface area contributed by atoms with Gasteiger partial charge in [-0.3, -0.25) is 0 Å². The van der Waals surface area contributed by atoms with E-state index in [1.165, 1.54) is 5.56 Å². The Labute approximate surface area is 79.0 Å². The van der Waals surface area contributed by atoms with Crippen LogP contribution < -0.4 is 0 Å². The molecule has 0 saturated heterocycles. The van der Waals surface area contributed by atoms with E-state index in [0.29, 0.717) is 0 Å². The molecule has 0 spiro atoms. The summed E-state index contributed by atoms with van der Waals surface area (Å²) in [6.45, 7) is 1.99. The first kappa shape index (κ1) is 9.79. The molecule has 0 unspecified atom stereocenters. The summed E-state index contributed by atoms with van der Waals surface area (Å²) in [7, 11) is 0. The van der Waals surface area contributed by atoms with Gasteiger partial charge in [0.25, 0.3) is 0 Å². The lowest BCUT2D eigenvalue weighted by Gasteiger charge is -2.00. The number of aliphatic hydroxyl groups is 1. The van der Waals surface area contributed by atoms with Gasteiger partial charge in [0.05, 0.1) is 6.61 Å². The van der Waals surface area contributed by atoms with Crippen molar-refractivity contribution in [2.75, 3.05) is 6.61 Å². The number of aliphatic hydroxyl groups excluding tert-OH is 1. The zero-order valence-electron chi connectivity index (χ0n) is 7.83. The fourth-order valence-electron chi connectivity index (χ4n) is 1.20. The van der Waals surface area contributed by atoms with E-state index in [1.54, 1.807) is 0 Å². The Morgan fingerprint density at radius 1 is 1.38 bits per heavy atom. The van der Waals surface area contributed by atoms with Crippen molar-refractivity contribution in [3.63, 3.8) is 0 Å². The summed E-state index contributed by atoms with van der Waals surface area (Å²) < 4.78 is 0. The van der Waals surface area contributed by atoms with Gasteiger partial charge in [0.2, 0.25) is 0 Å². The Bertz CT molecular complexity index is 305. The molecule has 0 saturated carbocycles. The largest absolute Gasteiger partial charge is 0.391 e. The molecule has 0 aliphatic heterocycles. The zero-order valence-corrected chi connectivity index (χ0v) is 7.83. The summed E-state index contributed by atoms with van der Waals surface area (Å²) in [5.41, 5.74) is 5.16. The third kappa shape index (κ3) is 3.29. The molecule has 1 aromatic carbocycles. The minimum atomic E-state index is 0.0826. The van der Waals surface area contributed by atoms with Crippen LogP contribution in [0.4, 0.5) is 0 Å². The molecule has 1 N–H and O–H groups in total. The van der Waals surface area contributed by atoms with Crippen molar-refractivity contribution in [3.05, 3.63) is 53.3 Å². The molecule has 0 aliphatic carbocycles. The maximum absolute atomic E-state index is 9.00. The summed E-state index contributed by atoms with van der Waals surface area (Å²) >= 11 is 0. The molecule has 0 aliphatic rings. The van der Waals surface area contributed by atoms with E-state index < -0.39 is 0 Å². The molecule has 1 rings (SSSR count). The lowest BCUT2D eigenvalue weighted by Crippen LogP contribution is -1.93. The van der Waals surface area contributed by atoms with Gasteiger partial charge in [0.1, 0.15) is 0 Å². The predicted octanol–water partition coefficient (Wildman–Crippen LogP) is 2.32. The second kappa shape index (κ2) is 5.36. The molecule has 0 fully saturated rings. The summed E-state index contributed by atoms with van der Waals surface area (Å²) in [4.78, 5) is 0. The molecule has 1 heteroatoms. The topological polar surface area (TPSA) is 20.2 Å². The average Bonchev–Trinajstić information content (AvgIpc) is 2.19. The van der Waals surface area contributed by atoms with Crippen LogP contribution in [0.5, 0.6) is 0 Å². The van der Waals surface area contributed by atoms with Crippen molar-refractivity contribution in [2.24, 2.45) is 0 Å². The van der Waals surface area contributed by atoms with Gasteiger partial charge in [-0.1, -0.05) is 30.3 Å². The Morgan fingerprint density at radius 2 is 2.08 bits per heavy atom. The van der Waals surface area contributed by atoms with Gasteiger partial charge in [-0.25, -0.2) is 0 Å². The smallest absolute Gasteiger partial charge is 0.0719 e. The quantitative estimate of drug-likeness (QED) is 0.697. The van der Waals surface area contributed by atoms with Gasteiger partial charge in [0, 0.05) is 12.0 Å². The van der Waals surface area contributed by atoms with Crippen molar-refractivity contribution < 1.29 is 5.11 Å². The van der Waals surface area contributed by atoms with Crippen molar-refractivity contribution in [2.45, 2.75) is 13.3 Å². The van der Waals surface area contributed by atoms with Gasteiger partial charge in [-0.2, -0.15) is 0 Å². The maximum Gasteiger partial charge on any atom is 0.0719 e. The van der Waals surface area contributed by atoms with Gasteiger partial charge in [0.15, 0.2) is 0 Å². The monoisotopic (exact) mass is 174 g/mol. The lowest BCUT2D eigenvalue weighted by atomic mass is 10.1. The molecular formula is C12H14O. The van der Waals surface area contributed by atoms with Crippen molar-refractivity contribution in [1.29, 1.82) is 0 Å². The summed E-state index contributed by atoms with van der Waals surface area (Å²) in [6.07, 6.45) is 2.61. The fraction of sp³-hybridized carbons (Fsp3) is 0.250. The fourth-order valence-corrected chi connectivity index (χ4v) is 1.20. The molecule has 1 aromatic rings. The molecule has 0 aromatic heterocycles. The molecule has 0 amide bonds. The van der Waals surface area contributed by atoms with Crippen LogP contribution in [0.25, 0.3) is 0 Å². The first-order chi connectivity index (χ1) is 6.36. The molecule has 0 bridgehead atoms. The molecule has 0 radical (unpaired) electrons. The van der Waals surface area contributed by atoms with Crippen LogP contribution >= 0.6 is 0 Å². The van der Waals surface area contributed by atoms with E-state index in [2.05, 4.69) is 5.73 Å².